The molecule has 0 aliphatic heterocycles. The normalized spacial score (nSPS) is 11.3. The molecule has 2 rings (SSSR count). The lowest BCUT2D eigenvalue weighted by Gasteiger charge is -2.15. The Balaban J connectivity index is 2.17. The van der Waals surface area contributed by atoms with Gasteiger partial charge in [-0.2, -0.15) is 0 Å². The lowest BCUT2D eigenvalue weighted by atomic mass is 10.3. The molecular weight excluding hydrogens is 424 g/mol. The van der Waals surface area contributed by atoms with Crippen LogP contribution in [0.2, 0.25) is 0 Å². The van der Waals surface area contributed by atoms with Gasteiger partial charge in [-0.15, -0.1) is 0 Å². The summed E-state index contributed by atoms with van der Waals surface area (Å²) in [6.07, 6.45) is 0. The number of methoxy groups -OCH3 is 1. The highest BCUT2D eigenvalue weighted by Crippen LogP contribution is 2.29. The molecule has 0 unspecified atom stereocenters. The maximum atomic E-state index is 12.3. The third-order valence-electron chi connectivity index (χ3n) is 3.42. The molecule has 0 atom stereocenters. The number of amides is 1. The summed E-state index contributed by atoms with van der Waals surface area (Å²) in [5, 5.41) is 2.62. The molecule has 0 spiro atoms. The molecular formula is C17H19BrN2O5S. The lowest BCUT2D eigenvalue weighted by Crippen LogP contribution is -2.23. The van der Waals surface area contributed by atoms with E-state index < -0.39 is 15.9 Å². The smallest absolute Gasteiger partial charge is 0.262 e. The minimum absolute atomic E-state index is 0.0466. The van der Waals surface area contributed by atoms with E-state index in [1.807, 2.05) is 6.07 Å². The van der Waals surface area contributed by atoms with E-state index in [-0.39, 0.29) is 17.2 Å². The SMILES string of the molecule is COc1ccc(S(=O)(=O)N(C)C)cc1NC(=O)COc1ccccc1Br. The van der Waals surface area contributed by atoms with Crippen LogP contribution in [0, 0.1) is 0 Å². The molecule has 2 aromatic rings. The van der Waals surface area contributed by atoms with Gasteiger partial charge in [0, 0.05) is 14.1 Å². The van der Waals surface area contributed by atoms with Gasteiger partial charge in [0.1, 0.15) is 11.5 Å². The topological polar surface area (TPSA) is 84.9 Å². The molecule has 1 N–H and O–H groups in total. The van der Waals surface area contributed by atoms with Crippen molar-refractivity contribution >= 4 is 37.5 Å². The van der Waals surface area contributed by atoms with Gasteiger partial charge in [0.2, 0.25) is 10.0 Å². The fourth-order valence-electron chi connectivity index (χ4n) is 2.05. The Bertz CT molecular complexity index is 900. The summed E-state index contributed by atoms with van der Waals surface area (Å²) in [7, 11) is 0.669. The van der Waals surface area contributed by atoms with Crippen LogP contribution >= 0.6 is 15.9 Å². The van der Waals surface area contributed by atoms with Crippen molar-refractivity contribution < 1.29 is 22.7 Å². The Kier molecular flexibility index (Phi) is 6.63. The van der Waals surface area contributed by atoms with Crippen LogP contribution < -0.4 is 14.8 Å². The van der Waals surface area contributed by atoms with Crippen molar-refractivity contribution in [2.75, 3.05) is 33.1 Å². The van der Waals surface area contributed by atoms with E-state index in [0.717, 1.165) is 8.78 Å². The number of para-hydroxylation sites is 1. The molecule has 0 saturated carbocycles. The predicted octanol–water partition coefficient (Wildman–Crippen LogP) is 2.73. The number of nitrogens with one attached hydrogen (secondary N) is 1. The van der Waals surface area contributed by atoms with Crippen LogP contribution in [0.4, 0.5) is 5.69 Å². The lowest BCUT2D eigenvalue weighted by molar-refractivity contribution is -0.118. The average molecular weight is 443 g/mol. The van der Waals surface area contributed by atoms with Gasteiger partial charge in [0.25, 0.3) is 5.91 Å². The second kappa shape index (κ2) is 8.52. The molecule has 0 saturated heterocycles. The zero-order valence-electron chi connectivity index (χ0n) is 14.5. The number of hydrogen-bond donors (Lipinski definition) is 1. The van der Waals surface area contributed by atoms with E-state index >= 15 is 0 Å². The maximum absolute atomic E-state index is 12.3. The molecule has 9 heteroatoms. The number of anilines is 1. The van der Waals surface area contributed by atoms with Gasteiger partial charge in [-0.1, -0.05) is 12.1 Å². The standard InChI is InChI=1S/C17H19BrN2O5S/c1-20(2)26(22,23)12-8-9-16(24-3)14(10-12)19-17(21)11-25-15-7-5-4-6-13(15)18/h4-10H,11H2,1-3H3,(H,19,21). The van der Waals surface area contributed by atoms with Crippen molar-refractivity contribution in [2.45, 2.75) is 4.90 Å². The van der Waals surface area contributed by atoms with Crippen molar-refractivity contribution in [2.24, 2.45) is 0 Å². The van der Waals surface area contributed by atoms with Crippen molar-refractivity contribution in [3.05, 3.63) is 46.9 Å². The predicted molar refractivity (Wildman–Crippen MR) is 102 cm³/mol. The Labute approximate surface area is 161 Å². The minimum atomic E-state index is -3.63. The van der Waals surface area contributed by atoms with Crippen LogP contribution in [0.15, 0.2) is 51.8 Å². The minimum Gasteiger partial charge on any atom is -0.495 e. The van der Waals surface area contributed by atoms with Gasteiger partial charge in [-0.3, -0.25) is 4.79 Å². The first-order chi connectivity index (χ1) is 12.3. The van der Waals surface area contributed by atoms with E-state index in [1.165, 1.54) is 39.4 Å². The summed E-state index contributed by atoms with van der Waals surface area (Å²) >= 11 is 3.33. The Hall–Kier alpha value is -2.10. The Morgan fingerprint density at radius 1 is 1.15 bits per heavy atom. The molecule has 0 aliphatic rings. The van der Waals surface area contributed by atoms with Crippen LogP contribution in [0.25, 0.3) is 0 Å². The number of nitrogens with zero attached hydrogens (tertiary/aromatic N) is 1. The molecule has 26 heavy (non-hydrogen) atoms. The monoisotopic (exact) mass is 442 g/mol. The van der Waals surface area contributed by atoms with E-state index in [2.05, 4.69) is 21.2 Å². The molecule has 2 aromatic carbocycles. The van der Waals surface area contributed by atoms with Crippen LogP contribution in [0.5, 0.6) is 11.5 Å². The summed E-state index contributed by atoms with van der Waals surface area (Å²) in [4.78, 5) is 12.2. The first-order valence-electron chi connectivity index (χ1n) is 7.53. The molecule has 0 fully saturated rings. The van der Waals surface area contributed by atoms with Gasteiger partial charge in [0.05, 0.1) is 22.2 Å². The van der Waals surface area contributed by atoms with E-state index in [1.54, 1.807) is 18.2 Å². The van der Waals surface area contributed by atoms with Crippen LogP contribution in [0.1, 0.15) is 0 Å². The zero-order chi connectivity index (χ0) is 19.3. The first kappa shape index (κ1) is 20.2. The summed E-state index contributed by atoms with van der Waals surface area (Å²) in [6.45, 7) is -0.240. The summed E-state index contributed by atoms with van der Waals surface area (Å²) in [5.74, 6) is 0.425. The molecule has 0 bridgehead atoms. The molecule has 1 amide bonds. The van der Waals surface area contributed by atoms with Gasteiger partial charge < -0.3 is 14.8 Å². The molecule has 0 aromatic heterocycles. The third-order valence-corrected chi connectivity index (χ3v) is 5.89. The fraction of sp³-hybridized carbons (Fsp3) is 0.235. The summed E-state index contributed by atoms with van der Waals surface area (Å²) in [5.41, 5.74) is 0.246. The highest BCUT2D eigenvalue weighted by atomic mass is 79.9. The Morgan fingerprint density at radius 3 is 2.46 bits per heavy atom. The number of carbonyl (C=O) groups excluding carboxylic acids is 1. The summed E-state index contributed by atoms with van der Waals surface area (Å²) in [6, 6.07) is 11.4. The number of ether oxygens (including phenoxy) is 2. The number of halogens is 1. The van der Waals surface area contributed by atoms with Crippen molar-refractivity contribution in [3.8, 4) is 11.5 Å². The average Bonchev–Trinajstić information content (AvgIpc) is 2.60. The third kappa shape index (κ3) is 4.75. The van der Waals surface area contributed by atoms with E-state index in [0.29, 0.717) is 11.5 Å². The second-order valence-electron chi connectivity index (χ2n) is 5.42. The molecule has 7 nitrogen and oxygen atoms in total. The fourth-order valence-corrected chi connectivity index (χ4v) is 3.38. The van der Waals surface area contributed by atoms with Crippen LogP contribution in [0.3, 0.4) is 0 Å². The number of hydrogen-bond acceptors (Lipinski definition) is 5. The van der Waals surface area contributed by atoms with Gasteiger partial charge >= 0.3 is 0 Å². The van der Waals surface area contributed by atoms with Crippen molar-refractivity contribution in [1.29, 1.82) is 0 Å². The van der Waals surface area contributed by atoms with Crippen LogP contribution in [-0.2, 0) is 14.8 Å². The largest absolute Gasteiger partial charge is 0.495 e. The molecule has 0 radical (unpaired) electrons. The first-order valence-corrected chi connectivity index (χ1v) is 9.76. The zero-order valence-corrected chi connectivity index (χ0v) is 16.9. The van der Waals surface area contributed by atoms with Gasteiger partial charge in [-0.05, 0) is 46.3 Å². The maximum Gasteiger partial charge on any atom is 0.262 e. The van der Waals surface area contributed by atoms with E-state index in [9.17, 15) is 13.2 Å². The summed E-state index contributed by atoms with van der Waals surface area (Å²) < 4.78 is 37.0. The molecule has 0 aliphatic carbocycles. The Morgan fingerprint density at radius 2 is 1.85 bits per heavy atom. The number of benzene rings is 2. The second-order valence-corrected chi connectivity index (χ2v) is 8.42. The number of carbonyl (C=O) groups is 1. The molecule has 0 heterocycles. The quantitative estimate of drug-likeness (QED) is 0.712. The highest BCUT2D eigenvalue weighted by molar-refractivity contribution is 9.10. The van der Waals surface area contributed by atoms with Gasteiger partial charge in [-0.25, -0.2) is 12.7 Å². The van der Waals surface area contributed by atoms with Gasteiger partial charge in [0.15, 0.2) is 6.61 Å². The highest BCUT2D eigenvalue weighted by Gasteiger charge is 2.20. The van der Waals surface area contributed by atoms with Crippen LogP contribution in [-0.4, -0.2) is 46.4 Å². The van der Waals surface area contributed by atoms with Crippen molar-refractivity contribution in [1.82, 2.24) is 4.31 Å². The van der Waals surface area contributed by atoms with Crippen molar-refractivity contribution in [3.63, 3.8) is 0 Å². The van der Waals surface area contributed by atoms with E-state index in [4.69, 9.17) is 9.47 Å². The number of sulfonamides is 1. The molecule has 140 valence electrons. The number of rotatable bonds is 7.